The van der Waals surface area contributed by atoms with Crippen LogP contribution in [0.3, 0.4) is 0 Å². The Morgan fingerprint density at radius 1 is 0.373 bits per heavy atom. The highest BCUT2D eigenvalue weighted by Gasteiger charge is 2.36. The third kappa shape index (κ3) is 6.66. The second-order valence-corrected chi connectivity index (χ2v) is 20.3. The van der Waals surface area contributed by atoms with Crippen molar-refractivity contribution >= 4 is 62.4 Å². The SMILES string of the molecule is CC1(C)c2ccccc2-c2cc3c4ccc5c(c4n(-c4ccc(-c6ccc(N(c7ccc(-c8ccccc8)cc7)c7ccc(-c8ccccc8)cc7)cc6)cc4)c3cc21)Sc1ccccc1S5. The Balaban J connectivity index is 0.893. The molecule has 13 rings (SSSR count). The Morgan fingerprint density at radius 2 is 0.851 bits per heavy atom. The van der Waals surface area contributed by atoms with Crippen LogP contribution in [0.5, 0.6) is 0 Å². The number of hydrogen-bond acceptors (Lipinski definition) is 3. The largest absolute Gasteiger partial charge is 0.311 e. The van der Waals surface area contributed by atoms with Crippen molar-refractivity contribution in [1.82, 2.24) is 4.57 Å². The molecule has 1 aromatic heterocycles. The minimum absolute atomic E-state index is 0.104. The first-order valence-electron chi connectivity index (χ1n) is 23.0. The molecule has 0 saturated heterocycles. The normalized spacial score (nSPS) is 13.2. The molecule has 4 heteroatoms. The number of benzene rings is 10. The van der Waals surface area contributed by atoms with Crippen molar-refractivity contribution in [3.05, 3.63) is 242 Å². The van der Waals surface area contributed by atoms with Gasteiger partial charge in [0.2, 0.25) is 0 Å². The maximum Gasteiger partial charge on any atom is 0.0692 e. The van der Waals surface area contributed by atoms with Crippen molar-refractivity contribution in [2.45, 2.75) is 38.8 Å². The summed E-state index contributed by atoms with van der Waals surface area (Å²) in [6.07, 6.45) is 0. The van der Waals surface area contributed by atoms with Crippen LogP contribution in [0.1, 0.15) is 25.0 Å². The Kier molecular flexibility index (Phi) is 9.42. The molecule has 0 saturated carbocycles. The molecule has 11 aromatic rings. The highest BCUT2D eigenvalue weighted by Crippen LogP contribution is 2.55. The monoisotopic (exact) mass is 892 g/mol. The molecular weight excluding hydrogens is 849 g/mol. The molecule has 1 aliphatic heterocycles. The zero-order chi connectivity index (χ0) is 44.6. The third-order valence-corrected chi connectivity index (χ3v) is 16.5. The van der Waals surface area contributed by atoms with Gasteiger partial charge in [0.05, 0.1) is 15.9 Å². The van der Waals surface area contributed by atoms with E-state index >= 15 is 0 Å². The van der Waals surface area contributed by atoms with E-state index in [-0.39, 0.29) is 5.41 Å². The average Bonchev–Trinajstić information content (AvgIpc) is 3.84. The predicted molar refractivity (Wildman–Crippen MR) is 284 cm³/mol. The van der Waals surface area contributed by atoms with E-state index in [0.717, 1.165) is 22.7 Å². The number of anilines is 3. The molecule has 67 heavy (non-hydrogen) atoms. The maximum absolute atomic E-state index is 2.54. The molecule has 0 spiro atoms. The first-order chi connectivity index (χ1) is 33.0. The Hall–Kier alpha value is -7.50. The molecule has 2 heterocycles. The number of nitrogens with zero attached hydrogens (tertiary/aromatic N) is 2. The summed E-state index contributed by atoms with van der Waals surface area (Å²) >= 11 is 3.79. The van der Waals surface area contributed by atoms with Gasteiger partial charge in [-0.1, -0.05) is 189 Å². The first kappa shape index (κ1) is 39.8. The van der Waals surface area contributed by atoms with E-state index in [4.69, 9.17) is 0 Å². The summed E-state index contributed by atoms with van der Waals surface area (Å²) in [5.41, 5.74) is 19.6. The summed E-state index contributed by atoms with van der Waals surface area (Å²) in [5, 5.41) is 2.59. The maximum atomic E-state index is 2.54. The highest BCUT2D eigenvalue weighted by molar-refractivity contribution is 8.05. The minimum Gasteiger partial charge on any atom is -0.311 e. The molecule has 0 radical (unpaired) electrons. The lowest BCUT2D eigenvalue weighted by molar-refractivity contribution is 0.661. The van der Waals surface area contributed by atoms with E-state index in [1.807, 2.05) is 23.5 Å². The van der Waals surface area contributed by atoms with E-state index in [9.17, 15) is 0 Å². The molecule has 1 aliphatic carbocycles. The molecule has 2 nitrogen and oxygen atoms in total. The summed E-state index contributed by atoms with van der Waals surface area (Å²) in [7, 11) is 0. The summed E-state index contributed by atoms with van der Waals surface area (Å²) in [6.45, 7) is 4.76. The molecule has 0 N–H and O–H groups in total. The molecule has 0 amide bonds. The molecular formula is C63H44N2S2. The Morgan fingerprint density at radius 3 is 1.42 bits per heavy atom. The molecule has 0 bridgehead atoms. The number of rotatable bonds is 7. The van der Waals surface area contributed by atoms with Gasteiger partial charge in [-0.15, -0.1) is 0 Å². The topological polar surface area (TPSA) is 8.17 Å². The van der Waals surface area contributed by atoms with Gasteiger partial charge in [0.15, 0.2) is 0 Å². The molecule has 0 atom stereocenters. The number of aromatic nitrogens is 1. The Bertz CT molecular complexity index is 3580. The third-order valence-electron chi connectivity index (χ3n) is 13.9. The van der Waals surface area contributed by atoms with Crippen LogP contribution < -0.4 is 4.90 Å². The highest BCUT2D eigenvalue weighted by atomic mass is 32.2. The van der Waals surface area contributed by atoms with Crippen molar-refractivity contribution < 1.29 is 0 Å². The lowest BCUT2D eigenvalue weighted by atomic mass is 9.82. The summed E-state index contributed by atoms with van der Waals surface area (Å²) in [5.74, 6) is 0. The van der Waals surface area contributed by atoms with E-state index in [1.165, 1.54) is 97.0 Å². The molecule has 318 valence electrons. The minimum atomic E-state index is -0.104. The van der Waals surface area contributed by atoms with Crippen LogP contribution in [0.15, 0.2) is 250 Å². The van der Waals surface area contributed by atoms with Crippen molar-refractivity contribution in [3.8, 4) is 50.2 Å². The predicted octanol–water partition coefficient (Wildman–Crippen LogP) is 18.2. The van der Waals surface area contributed by atoms with Crippen molar-refractivity contribution in [3.63, 3.8) is 0 Å². The van der Waals surface area contributed by atoms with Crippen LogP contribution in [-0.2, 0) is 5.41 Å². The van der Waals surface area contributed by atoms with Gasteiger partial charge in [0.1, 0.15) is 0 Å². The fourth-order valence-electron chi connectivity index (χ4n) is 10.5. The fraction of sp³-hybridized carbons (Fsp3) is 0.0476. The van der Waals surface area contributed by atoms with E-state index < -0.39 is 0 Å². The lowest BCUT2D eigenvalue weighted by Gasteiger charge is -2.26. The molecule has 2 aliphatic rings. The average molecular weight is 893 g/mol. The standard InChI is InChI=1S/C63H44N2S2/c1-63(2)55-18-10-9-17-51(55)53-39-54-52-37-38-60-62(67-59-20-12-11-19-58(59)66-60)61(52)65(57(54)40-56(53)63)50-35-27-46(28-36-50)45-25-33-49(34-26-45)64(47-29-21-43(22-30-47)41-13-5-3-6-14-41)48-31-23-44(24-32-48)42-15-7-4-8-16-42/h3-40H,1-2H3. The summed E-state index contributed by atoms with van der Waals surface area (Å²) in [6, 6.07) is 84.7. The zero-order valence-electron chi connectivity index (χ0n) is 37.2. The van der Waals surface area contributed by atoms with Crippen LogP contribution in [-0.4, -0.2) is 4.57 Å². The van der Waals surface area contributed by atoms with Crippen molar-refractivity contribution in [1.29, 1.82) is 0 Å². The smallest absolute Gasteiger partial charge is 0.0692 e. The number of hydrogen-bond donors (Lipinski definition) is 0. The van der Waals surface area contributed by atoms with Crippen molar-refractivity contribution in [2.75, 3.05) is 4.90 Å². The second kappa shape index (κ2) is 15.8. The fourth-order valence-corrected chi connectivity index (χ4v) is 12.8. The zero-order valence-corrected chi connectivity index (χ0v) is 38.8. The van der Waals surface area contributed by atoms with Gasteiger partial charge in [0.25, 0.3) is 0 Å². The van der Waals surface area contributed by atoms with Gasteiger partial charge in [-0.25, -0.2) is 0 Å². The van der Waals surface area contributed by atoms with Crippen LogP contribution in [0.2, 0.25) is 0 Å². The van der Waals surface area contributed by atoms with Crippen LogP contribution >= 0.6 is 23.5 Å². The van der Waals surface area contributed by atoms with Gasteiger partial charge >= 0.3 is 0 Å². The second-order valence-electron chi connectivity index (χ2n) is 18.1. The molecule has 0 fully saturated rings. The lowest BCUT2D eigenvalue weighted by Crippen LogP contribution is -2.15. The first-order valence-corrected chi connectivity index (χ1v) is 24.6. The summed E-state index contributed by atoms with van der Waals surface area (Å²) < 4.78 is 2.54. The molecule has 10 aromatic carbocycles. The van der Waals surface area contributed by atoms with E-state index in [0.29, 0.717) is 0 Å². The van der Waals surface area contributed by atoms with E-state index in [1.54, 1.807) is 0 Å². The van der Waals surface area contributed by atoms with Crippen LogP contribution in [0.25, 0.3) is 72.0 Å². The Labute approximate surface area is 400 Å². The van der Waals surface area contributed by atoms with Gasteiger partial charge in [-0.3, -0.25) is 0 Å². The molecule has 0 unspecified atom stereocenters. The summed E-state index contributed by atoms with van der Waals surface area (Å²) in [4.78, 5) is 7.62. The van der Waals surface area contributed by atoms with Gasteiger partial charge in [-0.2, -0.15) is 0 Å². The van der Waals surface area contributed by atoms with E-state index in [2.05, 4.69) is 254 Å². The van der Waals surface area contributed by atoms with Crippen LogP contribution in [0.4, 0.5) is 17.1 Å². The quantitative estimate of drug-likeness (QED) is 0.158. The van der Waals surface area contributed by atoms with Crippen LogP contribution in [0, 0.1) is 0 Å². The van der Waals surface area contributed by atoms with Gasteiger partial charge < -0.3 is 9.47 Å². The van der Waals surface area contributed by atoms with Gasteiger partial charge in [0, 0.05) is 53.6 Å². The number of fused-ring (bicyclic) bond motifs is 9. The van der Waals surface area contributed by atoms with Gasteiger partial charge in [-0.05, 0) is 134 Å². The van der Waals surface area contributed by atoms with Crippen molar-refractivity contribution in [2.24, 2.45) is 0 Å².